The third kappa shape index (κ3) is 11.1. The van der Waals surface area contributed by atoms with Gasteiger partial charge in [0.15, 0.2) is 0 Å². The zero-order valence-electron chi connectivity index (χ0n) is 26.3. The summed E-state index contributed by atoms with van der Waals surface area (Å²) in [6.45, 7) is 17.3. The van der Waals surface area contributed by atoms with Gasteiger partial charge in [0, 0.05) is 18.5 Å². The minimum absolute atomic E-state index is 0.103. The van der Waals surface area contributed by atoms with Crippen LogP contribution in [-0.2, 0) is 20.7 Å². The summed E-state index contributed by atoms with van der Waals surface area (Å²) in [5, 5.41) is 15.6. The molecule has 0 bridgehead atoms. The molecule has 0 heterocycles. The summed E-state index contributed by atoms with van der Waals surface area (Å²) in [6.07, 6.45) is 1.96. The lowest BCUT2D eigenvalue weighted by molar-refractivity contribution is -0.143. The highest BCUT2D eigenvalue weighted by molar-refractivity contribution is 5.92. The molecule has 8 nitrogen and oxygen atoms in total. The first-order valence-electron chi connectivity index (χ1n) is 14.5. The summed E-state index contributed by atoms with van der Waals surface area (Å²) in [6, 6.07) is 10.5. The molecular weight excluding hydrogens is 518 g/mol. The summed E-state index contributed by atoms with van der Waals surface area (Å²) in [7, 11) is 0. The van der Waals surface area contributed by atoms with E-state index in [0.29, 0.717) is 13.0 Å². The van der Waals surface area contributed by atoms with Crippen molar-refractivity contribution in [3.63, 3.8) is 0 Å². The molecular formula is C33H49N3O5. The molecule has 0 saturated carbocycles. The van der Waals surface area contributed by atoms with Crippen molar-refractivity contribution in [3.05, 3.63) is 64.7 Å². The number of alkyl carbamates (subject to hydrolysis) is 1. The fraction of sp³-hybridized carbons (Fsp3) is 0.545. The third-order valence-electron chi connectivity index (χ3n) is 6.43. The topological polar surface area (TPSA) is 108 Å². The van der Waals surface area contributed by atoms with Gasteiger partial charge in [0.25, 0.3) is 0 Å². The molecule has 3 N–H and O–H groups in total. The Morgan fingerprint density at radius 2 is 1.59 bits per heavy atom. The van der Waals surface area contributed by atoms with Crippen LogP contribution in [-0.4, -0.2) is 51.6 Å². The predicted molar refractivity (Wildman–Crippen MR) is 163 cm³/mol. The lowest BCUT2D eigenvalue weighted by Gasteiger charge is -2.36. The van der Waals surface area contributed by atoms with Crippen LogP contribution in [0.15, 0.2) is 42.5 Å². The standard InChI is InChI=1S/C33H49N3O5/c1-10-11-12-19-36(28(29(38)35-32(4,5)6)26-18-13-22(2)20-23(26)3)30(39)27(34-31(40)41-33(7,8)9)21-24-14-16-25(37)17-15-24/h13-18,20,27-28,37H,10-12,19,21H2,1-9H3,(H,34,40)(H,35,38). The second kappa shape index (κ2) is 14.4. The van der Waals surface area contributed by atoms with Crippen LogP contribution >= 0.6 is 0 Å². The first-order chi connectivity index (χ1) is 19.0. The van der Waals surface area contributed by atoms with E-state index in [0.717, 1.165) is 35.1 Å². The summed E-state index contributed by atoms with van der Waals surface area (Å²) in [5.74, 6) is -0.560. The van der Waals surface area contributed by atoms with Crippen molar-refractivity contribution >= 4 is 17.9 Å². The first kappa shape index (κ1) is 33.7. The Hall–Kier alpha value is -3.55. The van der Waals surface area contributed by atoms with Crippen LogP contribution in [0.5, 0.6) is 5.75 Å². The number of phenols is 1. The lowest BCUT2D eigenvalue weighted by Crippen LogP contribution is -2.55. The van der Waals surface area contributed by atoms with E-state index in [1.54, 1.807) is 49.9 Å². The molecule has 2 unspecified atom stereocenters. The zero-order chi connectivity index (χ0) is 31.0. The van der Waals surface area contributed by atoms with Crippen molar-refractivity contribution in [2.24, 2.45) is 0 Å². The number of aromatic hydroxyl groups is 1. The molecule has 2 aromatic carbocycles. The number of benzene rings is 2. The number of aryl methyl sites for hydroxylation is 2. The van der Waals surface area contributed by atoms with Gasteiger partial charge in [-0.3, -0.25) is 9.59 Å². The fourth-order valence-corrected chi connectivity index (χ4v) is 4.64. The maximum absolute atomic E-state index is 14.5. The molecule has 3 amide bonds. The Morgan fingerprint density at radius 1 is 0.951 bits per heavy atom. The van der Waals surface area contributed by atoms with Crippen molar-refractivity contribution in [1.29, 1.82) is 0 Å². The van der Waals surface area contributed by atoms with Gasteiger partial charge in [-0.15, -0.1) is 0 Å². The molecule has 0 saturated heterocycles. The number of nitrogens with one attached hydrogen (secondary N) is 2. The van der Waals surface area contributed by atoms with Gasteiger partial charge in [0.2, 0.25) is 11.8 Å². The van der Waals surface area contributed by atoms with Gasteiger partial charge in [-0.25, -0.2) is 4.79 Å². The smallest absolute Gasteiger partial charge is 0.408 e. The first-order valence-corrected chi connectivity index (χ1v) is 14.5. The van der Waals surface area contributed by atoms with Crippen LogP contribution in [0.3, 0.4) is 0 Å². The normalized spacial score (nSPS) is 13.2. The Labute approximate surface area is 245 Å². The van der Waals surface area contributed by atoms with Crippen molar-refractivity contribution in [2.75, 3.05) is 6.54 Å². The zero-order valence-corrected chi connectivity index (χ0v) is 26.3. The maximum atomic E-state index is 14.5. The number of ether oxygens (including phenoxy) is 1. The second-order valence-electron chi connectivity index (χ2n) is 12.8. The number of phenolic OH excluding ortho intramolecular Hbond substituents is 1. The molecule has 41 heavy (non-hydrogen) atoms. The van der Waals surface area contributed by atoms with Crippen molar-refractivity contribution in [2.45, 2.75) is 111 Å². The monoisotopic (exact) mass is 567 g/mol. The molecule has 226 valence electrons. The molecule has 0 aliphatic carbocycles. The highest BCUT2D eigenvalue weighted by Gasteiger charge is 2.37. The van der Waals surface area contributed by atoms with E-state index in [-0.39, 0.29) is 24.0 Å². The fourth-order valence-electron chi connectivity index (χ4n) is 4.64. The molecule has 2 aromatic rings. The van der Waals surface area contributed by atoms with Crippen LogP contribution in [0.25, 0.3) is 0 Å². The SMILES string of the molecule is CCCCCN(C(=O)C(Cc1ccc(O)cc1)NC(=O)OC(C)(C)C)C(C(=O)NC(C)(C)C)c1ccc(C)cc1C. The number of amides is 3. The van der Waals surface area contributed by atoms with Crippen LogP contribution in [0, 0.1) is 13.8 Å². The Balaban J connectivity index is 2.63. The lowest BCUT2D eigenvalue weighted by atomic mass is 9.94. The Bertz CT molecular complexity index is 1180. The van der Waals surface area contributed by atoms with Crippen molar-refractivity contribution in [3.8, 4) is 5.75 Å². The number of rotatable bonds is 11. The van der Waals surface area contributed by atoms with Gasteiger partial charge in [-0.1, -0.05) is 55.7 Å². The molecule has 2 atom stereocenters. The van der Waals surface area contributed by atoms with Gasteiger partial charge in [-0.2, -0.15) is 0 Å². The molecule has 0 aliphatic heterocycles. The minimum Gasteiger partial charge on any atom is -0.508 e. The quantitative estimate of drug-likeness (QED) is 0.284. The number of unbranched alkanes of at least 4 members (excludes halogenated alkanes) is 2. The van der Waals surface area contributed by atoms with Crippen LogP contribution in [0.2, 0.25) is 0 Å². The Kier molecular flexibility index (Phi) is 11.8. The van der Waals surface area contributed by atoms with E-state index in [2.05, 4.69) is 17.6 Å². The average molecular weight is 568 g/mol. The molecule has 0 aromatic heterocycles. The van der Waals surface area contributed by atoms with Crippen molar-refractivity contribution in [1.82, 2.24) is 15.5 Å². The summed E-state index contributed by atoms with van der Waals surface area (Å²) < 4.78 is 5.50. The van der Waals surface area contributed by atoms with E-state index >= 15 is 0 Å². The van der Waals surface area contributed by atoms with E-state index in [1.165, 1.54) is 0 Å². The number of hydrogen-bond acceptors (Lipinski definition) is 5. The maximum Gasteiger partial charge on any atom is 0.408 e. The summed E-state index contributed by atoms with van der Waals surface area (Å²) in [4.78, 5) is 43.0. The van der Waals surface area contributed by atoms with Gasteiger partial charge in [0.1, 0.15) is 23.4 Å². The molecule has 8 heteroatoms. The van der Waals surface area contributed by atoms with Crippen LogP contribution in [0.1, 0.15) is 96.0 Å². The molecule has 0 spiro atoms. The Morgan fingerprint density at radius 3 is 2.12 bits per heavy atom. The van der Waals surface area contributed by atoms with Gasteiger partial charge < -0.3 is 25.4 Å². The van der Waals surface area contributed by atoms with Crippen LogP contribution < -0.4 is 10.6 Å². The predicted octanol–water partition coefficient (Wildman–Crippen LogP) is 6.12. The second-order valence-corrected chi connectivity index (χ2v) is 12.8. The highest BCUT2D eigenvalue weighted by atomic mass is 16.6. The van der Waals surface area contributed by atoms with E-state index in [4.69, 9.17) is 4.74 Å². The van der Waals surface area contributed by atoms with Gasteiger partial charge in [0.05, 0.1) is 0 Å². The minimum atomic E-state index is -1.01. The van der Waals surface area contributed by atoms with E-state index < -0.39 is 29.3 Å². The van der Waals surface area contributed by atoms with E-state index in [1.807, 2.05) is 52.8 Å². The number of carbonyl (C=O) groups excluding carboxylic acids is 3. The average Bonchev–Trinajstić information content (AvgIpc) is 2.82. The van der Waals surface area contributed by atoms with Crippen LogP contribution in [0.4, 0.5) is 4.79 Å². The molecule has 2 rings (SSSR count). The van der Waals surface area contributed by atoms with Gasteiger partial charge >= 0.3 is 6.09 Å². The summed E-state index contributed by atoms with van der Waals surface area (Å²) in [5.41, 5.74) is 2.16. The van der Waals surface area contributed by atoms with E-state index in [9.17, 15) is 19.5 Å². The third-order valence-corrected chi connectivity index (χ3v) is 6.43. The number of carbonyl (C=O) groups is 3. The molecule has 0 aliphatic rings. The van der Waals surface area contributed by atoms with Gasteiger partial charge in [-0.05, 0) is 90.6 Å². The highest BCUT2D eigenvalue weighted by Crippen LogP contribution is 2.28. The molecule has 0 radical (unpaired) electrons. The largest absolute Gasteiger partial charge is 0.508 e. The summed E-state index contributed by atoms with van der Waals surface area (Å²) >= 11 is 0. The van der Waals surface area contributed by atoms with Crippen molar-refractivity contribution < 1.29 is 24.2 Å². The number of hydrogen-bond donors (Lipinski definition) is 3. The number of nitrogens with zero attached hydrogens (tertiary/aromatic N) is 1. The molecule has 0 fully saturated rings.